The third-order valence-corrected chi connectivity index (χ3v) is 4.86. The van der Waals surface area contributed by atoms with Crippen LogP contribution in [0.4, 0.5) is 0 Å². The maximum atomic E-state index is 12.8. The zero-order valence-electron chi connectivity index (χ0n) is 13.4. The molecule has 0 aromatic heterocycles. The third kappa shape index (κ3) is 5.16. The number of carbonyl (C=O) groups is 2. The van der Waals surface area contributed by atoms with E-state index in [-0.39, 0.29) is 18.4 Å². The second-order valence-electron chi connectivity index (χ2n) is 6.00. The molecule has 2 rings (SSSR count). The standard InChI is InChI=1S/C17H23NO4S/c1-23(22)12-13-5-4-6-14(11-13)17(21)18-10-3-2-7-15(18)8-9-16(19)20/h4-6,11,15H,2-3,7-10,12H2,1H3,(H,19,20)/t15-,23+/m0/s1. The van der Waals surface area contributed by atoms with Crippen LogP contribution in [0.25, 0.3) is 0 Å². The van der Waals surface area contributed by atoms with E-state index < -0.39 is 16.8 Å². The maximum absolute atomic E-state index is 12.8. The van der Waals surface area contributed by atoms with Crippen LogP contribution in [-0.2, 0) is 21.3 Å². The molecule has 6 heteroatoms. The van der Waals surface area contributed by atoms with Crippen molar-refractivity contribution in [2.24, 2.45) is 0 Å². The summed E-state index contributed by atoms with van der Waals surface area (Å²) in [6, 6.07) is 7.25. The Balaban J connectivity index is 2.13. The molecule has 23 heavy (non-hydrogen) atoms. The smallest absolute Gasteiger partial charge is 0.303 e. The predicted octanol–water partition coefficient (Wildman–Crippen LogP) is 2.42. The van der Waals surface area contributed by atoms with Crippen molar-refractivity contribution in [1.82, 2.24) is 4.90 Å². The fraction of sp³-hybridized carbons (Fsp3) is 0.529. The number of benzene rings is 1. The van der Waals surface area contributed by atoms with Gasteiger partial charge in [-0.3, -0.25) is 13.8 Å². The predicted molar refractivity (Wildman–Crippen MR) is 89.8 cm³/mol. The van der Waals surface area contributed by atoms with Crippen LogP contribution in [0.2, 0.25) is 0 Å². The molecule has 1 saturated heterocycles. The van der Waals surface area contributed by atoms with Crippen molar-refractivity contribution in [3.63, 3.8) is 0 Å². The first-order valence-electron chi connectivity index (χ1n) is 7.89. The van der Waals surface area contributed by atoms with Crippen LogP contribution in [0.5, 0.6) is 0 Å². The van der Waals surface area contributed by atoms with Gasteiger partial charge in [0.1, 0.15) is 0 Å². The Morgan fingerprint density at radius 3 is 2.83 bits per heavy atom. The lowest BCUT2D eigenvalue weighted by Gasteiger charge is -2.35. The molecule has 1 heterocycles. The molecule has 5 nitrogen and oxygen atoms in total. The largest absolute Gasteiger partial charge is 0.481 e. The topological polar surface area (TPSA) is 74.7 Å². The lowest BCUT2D eigenvalue weighted by atomic mass is 9.96. The van der Waals surface area contributed by atoms with E-state index in [1.165, 1.54) is 0 Å². The molecule has 0 unspecified atom stereocenters. The van der Waals surface area contributed by atoms with Gasteiger partial charge in [0.15, 0.2) is 0 Å². The number of aliphatic carboxylic acids is 1. The number of hydrogen-bond donors (Lipinski definition) is 1. The average Bonchev–Trinajstić information content (AvgIpc) is 2.52. The molecule has 0 saturated carbocycles. The first-order chi connectivity index (χ1) is 11.0. The molecule has 0 spiro atoms. The van der Waals surface area contributed by atoms with E-state index in [0.29, 0.717) is 24.3 Å². The molecule has 1 aliphatic heterocycles. The van der Waals surface area contributed by atoms with E-state index in [1.54, 1.807) is 18.4 Å². The zero-order valence-corrected chi connectivity index (χ0v) is 14.2. The van der Waals surface area contributed by atoms with E-state index in [4.69, 9.17) is 5.11 Å². The molecular formula is C17H23NO4S. The van der Waals surface area contributed by atoms with Crippen molar-refractivity contribution in [2.45, 2.75) is 43.9 Å². The summed E-state index contributed by atoms with van der Waals surface area (Å²) in [4.78, 5) is 25.4. The van der Waals surface area contributed by atoms with Gasteiger partial charge in [-0.05, 0) is 43.4 Å². The molecular weight excluding hydrogens is 314 g/mol. The van der Waals surface area contributed by atoms with E-state index in [2.05, 4.69) is 0 Å². The summed E-state index contributed by atoms with van der Waals surface area (Å²) in [5.41, 5.74) is 1.48. The highest BCUT2D eigenvalue weighted by atomic mass is 32.2. The number of amides is 1. The summed E-state index contributed by atoms with van der Waals surface area (Å²) in [6.45, 7) is 0.674. The molecule has 1 amide bonds. The van der Waals surface area contributed by atoms with Gasteiger partial charge in [-0.15, -0.1) is 0 Å². The Morgan fingerprint density at radius 1 is 1.35 bits per heavy atom. The Kier molecular flexibility index (Phi) is 6.33. The van der Waals surface area contributed by atoms with Crippen molar-refractivity contribution in [2.75, 3.05) is 12.8 Å². The van der Waals surface area contributed by atoms with Crippen LogP contribution in [0, 0.1) is 0 Å². The lowest BCUT2D eigenvalue weighted by molar-refractivity contribution is -0.137. The Labute approximate surface area is 139 Å². The van der Waals surface area contributed by atoms with E-state index in [1.807, 2.05) is 17.0 Å². The third-order valence-electron chi connectivity index (χ3n) is 4.12. The highest BCUT2D eigenvalue weighted by Crippen LogP contribution is 2.23. The minimum absolute atomic E-state index is 0.00341. The van der Waals surface area contributed by atoms with Crippen LogP contribution in [0.3, 0.4) is 0 Å². The van der Waals surface area contributed by atoms with Crippen LogP contribution < -0.4 is 0 Å². The van der Waals surface area contributed by atoms with E-state index >= 15 is 0 Å². The van der Waals surface area contributed by atoms with Crippen LogP contribution in [0.1, 0.15) is 48.0 Å². The molecule has 1 N–H and O–H groups in total. The van der Waals surface area contributed by atoms with Crippen LogP contribution in [0.15, 0.2) is 24.3 Å². The van der Waals surface area contributed by atoms with E-state index in [0.717, 1.165) is 24.8 Å². The summed E-state index contributed by atoms with van der Waals surface area (Å²) in [5, 5.41) is 8.87. The second kappa shape index (κ2) is 8.24. The van der Waals surface area contributed by atoms with Gasteiger partial charge in [0.25, 0.3) is 5.91 Å². The zero-order chi connectivity index (χ0) is 16.8. The van der Waals surface area contributed by atoms with Gasteiger partial charge in [0, 0.05) is 47.4 Å². The Morgan fingerprint density at radius 2 is 2.13 bits per heavy atom. The minimum Gasteiger partial charge on any atom is -0.481 e. The molecule has 2 atom stereocenters. The van der Waals surface area contributed by atoms with E-state index in [9.17, 15) is 13.8 Å². The lowest BCUT2D eigenvalue weighted by Crippen LogP contribution is -2.44. The van der Waals surface area contributed by atoms with Crippen molar-refractivity contribution in [1.29, 1.82) is 0 Å². The first-order valence-corrected chi connectivity index (χ1v) is 9.62. The van der Waals surface area contributed by atoms with Crippen molar-refractivity contribution in [3.8, 4) is 0 Å². The second-order valence-corrected chi connectivity index (χ2v) is 7.43. The summed E-state index contributed by atoms with van der Waals surface area (Å²) < 4.78 is 11.4. The highest BCUT2D eigenvalue weighted by molar-refractivity contribution is 7.83. The Bertz CT molecular complexity index is 602. The van der Waals surface area contributed by atoms with Crippen LogP contribution in [-0.4, -0.2) is 44.9 Å². The van der Waals surface area contributed by atoms with Gasteiger partial charge < -0.3 is 10.0 Å². The Hall–Kier alpha value is -1.69. The number of carboxylic acid groups (broad SMARTS) is 1. The van der Waals surface area contributed by atoms with Crippen molar-refractivity contribution >= 4 is 22.7 Å². The van der Waals surface area contributed by atoms with Gasteiger partial charge >= 0.3 is 5.97 Å². The van der Waals surface area contributed by atoms with Gasteiger partial charge in [0.2, 0.25) is 0 Å². The molecule has 0 bridgehead atoms. The minimum atomic E-state index is -0.948. The molecule has 1 fully saturated rings. The quantitative estimate of drug-likeness (QED) is 0.865. The number of rotatable bonds is 6. The molecule has 0 radical (unpaired) electrons. The summed E-state index contributed by atoms with van der Waals surface area (Å²) in [6.07, 6.45) is 5.07. The molecule has 126 valence electrons. The van der Waals surface area contributed by atoms with Gasteiger partial charge in [-0.2, -0.15) is 0 Å². The van der Waals surface area contributed by atoms with Crippen molar-refractivity contribution in [3.05, 3.63) is 35.4 Å². The maximum Gasteiger partial charge on any atom is 0.303 e. The average molecular weight is 337 g/mol. The number of carboxylic acids is 1. The first kappa shape index (κ1) is 17.7. The van der Waals surface area contributed by atoms with Gasteiger partial charge in [-0.25, -0.2) is 0 Å². The fourth-order valence-electron chi connectivity index (χ4n) is 3.05. The molecule has 0 aliphatic carbocycles. The van der Waals surface area contributed by atoms with Crippen molar-refractivity contribution < 1.29 is 18.9 Å². The fourth-order valence-corrected chi connectivity index (χ4v) is 3.70. The number of carbonyl (C=O) groups excluding carboxylic acids is 1. The molecule has 1 aliphatic rings. The normalized spacial score (nSPS) is 19.3. The van der Waals surface area contributed by atoms with Crippen LogP contribution >= 0.6 is 0 Å². The number of likely N-dealkylation sites (tertiary alicyclic amines) is 1. The highest BCUT2D eigenvalue weighted by Gasteiger charge is 2.27. The number of piperidine rings is 1. The summed E-state index contributed by atoms with van der Waals surface area (Å²) in [7, 11) is -0.948. The van der Waals surface area contributed by atoms with Gasteiger partial charge in [-0.1, -0.05) is 12.1 Å². The number of nitrogens with zero attached hydrogens (tertiary/aromatic N) is 1. The summed E-state index contributed by atoms with van der Waals surface area (Å²) in [5.74, 6) is -0.442. The van der Waals surface area contributed by atoms with Gasteiger partial charge in [0.05, 0.1) is 0 Å². The monoisotopic (exact) mass is 337 g/mol. The number of hydrogen-bond acceptors (Lipinski definition) is 3. The summed E-state index contributed by atoms with van der Waals surface area (Å²) >= 11 is 0. The SMILES string of the molecule is C[S@@](=O)Cc1cccc(C(=O)N2CCCC[C@H]2CCC(=O)O)c1. The molecule has 1 aromatic carbocycles. The molecule has 1 aromatic rings.